The quantitative estimate of drug-likeness (QED) is 0.626. The number of nitrogen functional groups attached to an aromatic ring is 1. The molecule has 0 radical (unpaired) electrons. The predicted molar refractivity (Wildman–Crippen MR) is 72.7 cm³/mol. The van der Waals surface area contributed by atoms with E-state index in [4.69, 9.17) is 17.3 Å². The van der Waals surface area contributed by atoms with Crippen LogP contribution >= 0.6 is 11.6 Å². The summed E-state index contributed by atoms with van der Waals surface area (Å²) in [6.45, 7) is 0. The summed E-state index contributed by atoms with van der Waals surface area (Å²) in [5.74, 6) is 0.656. The van der Waals surface area contributed by atoms with Gasteiger partial charge in [-0.2, -0.15) is 0 Å². The number of nitrogens with two attached hydrogens (primary N) is 1. The summed E-state index contributed by atoms with van der Waals surface area (Å²) in [6.07, 6.45) is 5.08. The van der Waals surface area contributed by atoms with Crippen LogP contribution in [0, 0.1) is 0 Å². The first-order valence-corrected chi connectivity index (χ1v) is 5.86. The Hall–Kier alpha value is -1.47. The summed E-state index contributed by atoms with van der Waals surface area (Å²) < 4.78 is 0. The molecule has 0 fully saturated rings. The van der Waals surface area contributed by atoms with Crippen molar-refractivity contribution in [3.05, 3.63) is 48.0 Å². The average molecular weight is 232 g/mol. The van der Waals surface area contributed by atoms with Crippen molar-refractivity contribution < 1.29 is 0 Å². The fraction of sp³-hybridized carbons (Fsp3) is 0.143. The number of benzene rings is 2. The molecule has 0 amide bonds. The maximum atomic E-state index is 5.93. The average Bonchev–Trinajstić information content (AvgIpc) is 2.31. The Bertz CT molecular complexity index is 517. The summed E-state index contributed by atoms with van der Waals surface area (Å²) in [5, 5.41) is 2.30. The number of anilines is 1. The van der Waals surface area contributed by atoms with Crippen molar-refractivity contribution in [3.8, 4) is 0 Å². The molecule has 2 heteroatoms. The molecule has 2 aromatic rings. The monoisotopic (exact) mass is 231 g/mol. The highest BCUT2D eigenvalue weighted by molar-refractivity contribution is 6.17. The van der Waals surface area contributed by atoms with Crippen molar-refractivity contribution in [2.75, 3.05) is 11.6 Å². The highest BCUT2D eigenvalue weighted by Gasteiger charge is 1.99. The van der Waals surface area contributed by atoms with Gasteiger partial charge in [0.1, 0.15) is 0 Å². The van der Waals surface area contributed by atoms with Gasteiger partial charge in [0.15, 0.2) is 0 Å². The van der Waals surface area contributed by atoms with Crippen LogP contribution in [0.15, 0.2) is 42.5 Å². The molecule has 16 heavy (non-hydrogen) atoms. The first-order valence-electron chi connectivity index (χ1n) is 5.32. The first-order chi connectivity index (χ1) is 7.83. The van der Waals surface area contributed by atoms with Crippen LogP contribution < -0.4 is 5.73 Å². The molecule has 82 valence electrons. The molecule has 0 saturated heterocycles. The van der Waals surface area contributed by atoms with Gasteiger partial charge in [-0.05, 0) is 23.4 Å². The molecule has 2 N–H and O–H groups in total. The molecule has 0 atom stereocenters. The van der Waals surface area contributed by atoms with Crippen LogP contribution in [-0.2, 0) is 0 Å². The molecule has 0 saturated carbocycles. The van der Waals surface area contributed by atoms with Crippen LogP contribution in [0.2, 0.25) is 0 Å². The van der Waals surface area contributed by atoms with Crippen molar-refractivity contribution in [2.24, 2.45) is 0 Å². The minimum absolute atomic E-state index is 0.656. The first kappa shape index (κ1) is 11.0. The highest BCUT2D eigenvalue weighted by Crippen LogP contribution is 2.24. The molecule has 0 spiro atoms. The Labute approximate surface area is 101 Å². The molecular formula is C14H14ClN. The third kappa shape index (κ3) is 2.20. The minimum atomic E-state index is 0.656. The molecule has 1 nitrogen and oxygen atoms in total. The number of hydrogen-bond acceptors (Lipinski definition) is 1. The summed E-state index contributed by atoms with van der Waals surface area (Å²) in [5.41, 5.74) is 7.95. The third-order valence-electron chi connectivity index (χ3n) is 2.56. The van der Waals surface area contributed by atoms with Crippen molar-refractivity contribution in [1.29, 1.82) is 0 Å². The van der Waals surface area contributed by atoms with Crippen molar-refractivity contribution >= 4 is 34.1 Å². The van der Waals surface area contributed by atoms with Crippen LogP contribution in [0.3, 0.4) is 0 Å². The lowest BCUT2D eigenvalue weighted by Crippen LogP contribution is -1.87. The van der Waals surface area contributed by atoms with Crippen molar-refractivity contribution in [3.63, 3.8) is 0 Å². The number of alkyl halides is 1. The van der Waals surface area contributed by atoms with Gasteiger partial charge in [-0.15, -0.1) is 11.6 Å². The Morgan fingerprint density at radius 1 is 1.06 bits per heavy atom. The lowest BCUT2D eigenvalue weighted by molar-refractivity contribution is 1.24. The molecule has 0 aromatic heterocycles. The fourth-order valence-corrected chi connectivity index (χ4v) is 1.90. The molecular weight excluding hydrogens is 218 g/mol. The Kier molecular flexibility index (Phi) is 3.47. The number of fused-ring (bicyclic) bond motifs is 1. The van der Waals surface area contributed by atoms with E-state index in [0.717, 1.165) is 17.5 Å². The van der Waals surface area contributed by atoms with Gasteiger partial charge in [0, 0.05) is 17.0 Å². The van der Waals surface area contributed by atoms with Gasteiger partial charge in [-0.3, -0.25) is 0 Å². The van der Waals surface area contributed by atoms with Gasteiger partial charge < -0.3 is 5.73 Å². The maximum absolute atomic E-state index is 5.93. The highest BCUT2D eigenvalue weighted by atomic mass is 35.5. The second-order valence-corrected chi connectivity index (χ2v) is 4.05. The van der Waals surface area contributed by atoms with E-state index in [9.17, 15) is 0 Å². The molecule has 0 aliphatic heterocycles. The Morgan fingerprint density at radius 2 is 1.81 bits per heavy atom. The van der Waals surface area contributed by atoms with Crippen LogP contribution in [-0.4, -0.2) is 5.88 Å². The maximum Gasteiger partial charge on any atom is 0.0393 e. The number of rotatable bonds is 3. The number of halogens is 1. The molecule has 0 aliphatic rings. The van der Waals surface area contributed by atoms with Gasteiger partial charge in [-0.1, -0.05) is 42.5 Å². The summed E-state index contributed by atoms with van der Waals surface area (Å²) >= 11 is 5.64. The molecule has 2 rings (SSSR count). The van der Waals surface area contributed by atoms with E-state index < -0.39 is 0 Å². The smallest absolute Gasteiger partial charge is 0.0393 e. The summed E-state index contributed by atoms with van der Waals surface area (Å²) in [7, 11) is 0. The van der Waals surface area contributed by atoms with E-state index in [-0.39, 0.29) is 0 Å². The zero-order valence-corrected chi connectivity index (χ0v) is 9.74. The fourth-order valence-electron chi connectivity index (χ4n) is 1.78. The van der Waals surface area contributed by atoms with Crippen LogP contribution in [0.1, 0.15) is 12.0 Å². The standard InChI is InChI=1S/C14H14ClN/c15-10-2-1-5-11-6-3-8-13-12(11)7-4-9-14(13)16/h1,3-9H,2,10,16H2. The summed E-state index contributed by atoms with van der Waals surface area (Å²) in [6, 6.07) is 12.2. The van der Waals surface area contributed by atoms with Crippen molar-refractivity contribution in [2.45, 2.75) is 6.42 Å². The second-order valence-electron chi connectivity index (χ2n) is 3.67. The van der Waals surface area contributed by atoms with E-state index in [1.165, 1.54) is 10.9 Å². The van der Waals surface area contributed by atoms with Gasteiger partial charge in [0.05, 0.1) is 0 Å². The SMILES string of the molecule is Nc1cccc2c(C=CCCCl)cccc12. The topological polar surface area (TPSA) is 26.0 Å². The van der Waals surface area contributed by atoms with Gasteiger partial charge >= 0.3 is 0 Å². The normalized spacial score (nSPS) is 11.3. The zero-order valence-electron chi connectivity index (χ0n) is 8.99. The lowest BCUT2D eigenvalue weighted by atomic mass is 10.0. The van der Waals surface area contributed by atoms with E-state index in [1.54, 1.807) is 0 Å². The number of hydrogen-bond donors (Lipinski definition) is 1. The van der Waals surface area contributed by atoms with E-state index in [1.807, 2.05) is 24.3 Å². The minimum Gasteiger partial charge on any atom is -0.398 e. The molecule has 0 aliphatic carbocycles. The van der Waals surface area contributed by atoms with Crippen LogP contribution in [0.25, 0.3) is 16.8 Å². The number of allylic oxidation sites excluding steroid dienone is 1. The van der Waals surface area contributed by atoms with Crippen molar-refractivity contribution in [1.82, 2.24) is 0 Å². The Balaban J connectivity index is 2.50. The summed E-state index contributed by atoms with van der Waals surface area (Å²) in [4.78, 5) is 0. The zero-order chi connectivity index (χ0) is 11.4. The predicted octanol–water partition coefficient (Wildman–Crippen LogP) is 4.06. The largest absolute Gasteiger partial charge is 0.398 e. The molecule has 0 bridgehead atoms. The van der Waals surface area contributed by atoms with Gasteiger partial charge in [0.2, 0.25) is 0 Å². The van der Waals surface area contributed by atoms with Crippen LogP contribution in [0.5, 0.6) is 0 Å². The third-order valence-corrected chi connectivity index (χ3v) is 2.78. The van der Waals surface area contributed by atoms with Gasteiger partial charge in [0.25, 0.3) is 0 Å². The van der Waals surface area contributed by atoms with Gasteiger partial charge in [-0.25, -0.2) is 0 Å². The molecule has 0 heterocycles. The van der Waals surface area contributed by atoms with E-state index >= 15 is 0 Å². The van der Waals surface area contributed by atoms with Crippen LogP contribution in [0.4, 0.5) is 5.69 Å². The molecule has 2 aromatic carbocycles. The second kappa shape index (κ2) is 5.04. The molecule has 0 unspecified atom stereocenters. The Morgan fingerprint density at radius 3 is 2.62 bits per heavy atom. The lowest BCUT2D eigenvalue weighted by Gasteiger charge is -2.04. The van der Waals surface area contributed by atoms with E-state index in [0.29, 0.717) is 5.88 Å². The van der Waals surface area contributed by atoms with E-state index in [2.05, 4.69) is 24.3 Å².